The number of nitrogens with zero attached hydrogens (tertiary/aromatic N) is 1. The van der Waals surface area contributed by atoms with Gasteiger partial charge in [0.15, 0.2) is 0 Å². The summed E-state index contributed by atoms with van der Waals surface area (Å²) in [6, 6.07) is 7.75. The van der Waals surface area contributed by atoms with Crippen LogP contribution in [0.25, 0.3) is 11.1 Å². The Hall–Kier alpha value is -4.14. The minimum Gasteiger partial charge on any atom is -0.453 e. The maximum absolute atomic E-state index is 13.1. The van der Waals surface area contributed by atoms with E-state index in [9.17, 15) is 14.4 Å². The van der Waals surface area contributed by atoms with Crippen molar-refractivity contribution in [1.29, 1.82) is 0 Å². The van der Waals surface area contributed by atoms with Crippen LogP contribution in [0.1, 0.15) is 56.2 Å². The third-order valence-electron chi connectivity index (χ3n) is 4.95. The molecule has 1 heterocycles. The fraction of sp³-hybridized carbons (Fsp3) is 0.333. The van der Waals surface area contributed by atoms with Gasteiger partial charge < -0.3 is 20.1 Å². The van der Waals surface area contributed by atoms with E-state index in [1.54, 1.807) is 76.4 Å². The summed E-state index contributed by atoms with van der Waals surface area (Å²) in [5.74, 6) is -0.348. The van der Waals surface area contributed by atoms with Crippen molar-refractivity contribution in [3.05, 3.63) is 73.1 Å². The normalized spacial score (nSPS) is 12.5. The molecule has 0 spiro atoms. The smallest absolute Gasteiger partial charge is 0.411 e. The standard InChI is InChI=1S/C27H34N4O5/c1-8-10-22(31-26(34)36-27(4,5)6)23-15-18(13-14-28-23)20-12-11-19(30-25(33)35-7)16-21(20)24(32)29-17(3)9-2/h8-9,11-17,22H,1-2,10H2,3-7H3,(H,29,32)(H,30,33)(H,31,34)/t17?,22-/m0/s1. The highest BCUT2D eigenvalue weighted by Crippen LogP contribution is 2.29. The van der Waals surface area contributed by atoms with Crippen LogP contribution in [0, 0.1) is 0 Å². The molecule has 192 valence electrons. The van der Waals surface area contributed by atoms with E-state index in [0.717, 1.165) is 0 Å². The molecule has 2 aromatic rings. The molecule has 36 heavy (non-hydrogen) atoms. The summed E-state index contributed by atoms with van der Waals surface area (Å²) >= 11 is 0. The van der Waals surface area contributed by atoms with Gasteiger partial charge in [0, 0.05) is 23.5 Å². The molecule has 2 atom stereocenters. The van der Waals surface area contributed by atoms with Crippen LogP contribution in [-0.2, 0) is 9.47 Å². The number of benzene rings is 1. The summed E-state index contributed by atoms with van der Waals surface area (Å²) in [4.78, 5) is 41.6. The van der Waals surface area contributed by atoms with E-state index in [-0.39, 0.29) is 11.9 Å². The molecule has 3 N–H and O–H groups in total. The second kappa shape index (κ2) is 12.5. The van der Waals surface area contributed by atoms with Gasteiger partial charge in [-0.2, -0.15) is 0 Å². The van der Waals surface area contributed by atoms with Gasteiger partial charge in [0.25, 0.3) is 5.91 Å². The molecule has 0 aliphatic rings. The lowest BCUT2D eigenvalue weighted by molar-refractivity contribution is 0.0502. The highest BCUT2D eigenvalue weighted by Gasteiger charge is 2.22. The van der Waals surface area contributed by atoms with Crippen molar-refractivity contribution in [3.8, 4) is 11.1 Å². The van der Waals surface area contributed by atoms with Gasteiger partial charge in [-0.25, -0.2) is 9.59 Å². The van der Waals surface area contributed by atoms with Crippen molar-refractivity contribution in [2.24, 2.45) is 0 Å². The van der Waals surface area contributed by atoms with E-state index in [4.69, 9.17) is 4.74 Å². The average Bonchev–Trinajstić information content (AvgIpc) is 2.82. The zero-order valence-electron chi connectivity index (χ0n) is 21.4. The first-order valence-corrected chi connectivity index (χ1v) is 11.5. The van der Waals surface area contributed by atoms with E-state index < -0.39 is 23.8 Å². The number of aromatic nitrogens is 1. The van der Waals surface area contributed by atoms with Crippen LogP contribution in [0.3, 0.4) is 0 Å². The highest BCUT2D eigenvalue weighted by atomic mass is 16.6. The van der Waals surface area contributed by atoms with Gasteiger partial charge in [-0.1, -0.05) is 18.2 Å². The van der Waals surface area contributed by atoms with Gasteiger partial charge in [-0.15, -0.1) is 13.2 Å². The van der Waals surface area contributed by atoms with Crippen molar-refractivity contribution < 1.29 is 23.9 Å². The van der Waals surface area contributed by atoms with Crippen molar-refractivity contribution >= 4 is 23.8 Å². The molecule has 0 radical (unpaired) electrons. The van der Waals surface area contributed by atoms with Crippen LogP contribution in [0.5, 0.6) is 0 Å². The number of hydrogen-bond donors (Lipinski definition) is 3. The molecule has 1 unspecified atom stereocenters. The Morgan fingerprint density at radius 3 is 2.42 bits per heavy atom. The molecule has 0 aliphatic carbocycles. The van der Waals surface area contributed by atoms with Crippen LogP contribution < -0.4 is 16.0 Å². The highest BCUT2D eigenvalue weighted by molar-refractivity contribution is 6.02. The maximum atomic E-state index is 13.1. The third-order valence-corrected chi connectivity index (χ3v) is 4.95. The molecule has 2 rings (SSSR count). The SMILES string of the molecule is C=CC[C@H](NC(=O)OC(C)(C)C)c1cc(-c2ccc(NC(=O)OC)cc2C(=O)NC(C)C=C)ccn1. The van der Waals surface area contributed by atoms with Gasteiger partial charge >= 0.3 is 12.2 Å². The number of pyridine rings is 1. The fourth-order valence-electron chi connectivity index (χ4n) is 3.25. The number of methoxy groups -OCH3 is 1. The minimum atomic E-state index is -0.653. The number of nitrogens with one attached hydrogen (secondary N) is 3. The Bertz CT molecular complexity index is 1120. The van der Waals surface area contributed by atoms with Gasteiger partial charge in [-0.05, 0) is 69.5 Å². The molecule has 3 amide bonds. The molecular weight excluding hydrogens is 460 g/mol. The van der Waals surface area contributed by atoms with E-state index in [1.807, 2.05) is 0 Å². The fourth-order valence-corrected chi connectivity index (χ4v) is 3.25. The summed E-state index contributed by atoms with van der Waals surface area (Å²) < 4.78 is 10.0. The predicted octanol–water partition coefficient (Wildman–Crippen LogP) is 5.37. The van der Waals surface area contributed by atoms with E-state index >= 15 is 0 Å². The first-order valence-electron chi connectivity index (χ1n) is 11.5. The van der Waals surface area contributed by atoms with E-state index in [0.29, 0.717) is 34.5 Å². The first-order chi connectivity index (χ1) is 17.0. The van der Waals surface area contributed by atoms with Crippen LogP contribution in [-0.4, -0.2) is 41.8 Å². The largest absolute Gasteiger partial charge is 0.453 e. The number of anilines is 1. The number of alkyl carbamates (subject to hydrolysis) is 1. The Kier molecular flexibility index (Phi) is 9.78. The maximum Gasteiger partial charge on any atom is 0.411 e. The minimum absolute atomic E-state index is 0.273. The number of amides is 3. The number of rotatable bonds is 9. The van der Waals surface area contributed by atoms with Crippen LogP contribution in [0.2, 0.25) is 0 Å². The molecule has 0 fully saturated rings. The Morgan fingerprint density at radius 2 is 1.81 bits per heavy atom. The van der Waals surface area contributed by atoms with Crippen LogP contribution in [0.15, 0.2) is 61.8 Å². The number of carbonyl (C=O) groups excluding carboxylic acids is 3. The lowest BCUT2D eigenvalue weighted by atomic mass is 9.97. The Balaban J connectivity index is 2.49. The molecule has 9 heteroatoms. The van der Waals surface area contributed by atoms with Crippen molar-refractivity contribution in [2.75, 3.05) is 12.4 Å². The summed E-state index contributed by atoms with van der Waals surface area (Å²) in [6.07, 6.45) is 4.09. The number of hydrogen-bond acceptors (Lipinski definition) is 6. The zero-order valence-corrected chi connectivity index (χ0v) is 21.4. The first kappa shape index (κ1) is 28.1. The molecule has 0 aliphatic heterocycles. The molecule has 1 aromatic carbocycles. The second-order valence-electron chi connectivity index (χ2n) is 9.07. The molecule has 9 nitrogen and oxygen atoms in total. The van der Waals surface area contributed by atoms with Crippen LogP contribution >= 0.6 is 0 Å². The Labute approximate surface area is 212 Å². The topological polar surface area (TPSA) is 119 Å². The van der Waals surface area contributed by atoms with E-state index in [1.165, 1.54) is 7.11 Å². The van der Waals surface area contributed by atoms with Gasteiger partial charge in [0.05, 0.1) is 18.8 Å². The number of carbonyl (C=O) groups is 3. The average molecular weight is 495 g/mol. The molecular formula is C27H34N4O5. The van der Waals surface area contributed by atoms with Gasteiger partial charge in [0.1, 0.15) is 5.60 Å². The Morgan fingerprint density at radius 1 is 1.08 bits per heavy atom. The molecule has 0 saturated heterocycles. The lowest BCUT2D eigenvalue weighted by Gasteiger charge is -2.23. The number of ether oxygens (including phenoxy) is 2. The summed E-state index contributed by atoms with van der Waals surface area (Å²) in [7, 11) is 1.26. The molecule has 1 aromatic heterocycles. The zero-order chi connectivity index (χ0) is 26.9. The predicted molar refractivity (Wildman–Crippen MR) is 140 cm³/mol. The molecule has 0 saturated carbocycles. The summed E-state index contributed by atoms with van der Waals surface area (Å²) in [5, 5.41) is 8.26. The second-order valence-corrected chi connectivity index (χ2v) is 9.07. The van der Waals surface area contributed by atoms with Gasteiger partial charge in [0.2, 0.25) is 0 Å². The lowest BCUT2D eigenvalue weighted by Crippen LogP contribution is -2.35. The summed E-state index contributed by atoms with van der Waals surface area (Å²) in [6.45, 7) is 14.6. The molecule has 0 bridgehead atoms. The van der Waals surface area contributed by atoms with Crippen molar-refractivity contribution in [3.63, 3.8) is 0 Å². The van der Waals surface area contributed by atoms with Crippen molar-refractivity contribution in [2.45, 2.75) is 51.8 Å². The third kappa shape index (κ3) is 8.26. The summed E-state index contributed by atoms with van der Waals surface area (Å²) in [5.41, 5.74) is 1.95. The quantitative estimate of drug-likeness (QED) is 0.403. The van der Waals surface area contributed by atoms with Crippen molar-refractivity contribution in [1.82, 2.24) is 15.6 Å². The van der Waals surface area contributed by atoms with Crippen LogP contribution in [0.4, 0.5) is 15.3 Å². The van der Waals surface area contributed by atoms with Gasteiger partial charge in [-0.3, -0.25) is 15.1 Å². The monoisotopic (exact) mass is 494 g/mol. The van der Waals surface area contributed by atoms with E-state index in [2.05, 4.69) is 38.8 Å².